The first-order valence-corrected chi connectivity index (χ1v) is 4.77. The Morgan fingerprint density at radius 3 is 2.41 bits per heavy atom. The Labute approximate surface area is 106 Å². The normalized spacial score (nSPS) is 11.5. The minimum absolute atomic E-state index is 0. The smallest absolute Gasteiger partial charge is 0.330 e. The molecule has 0 aromatic carbocycles. The fraction of sp³-hybridized carbons (Fsp3) is 0.500. The summed E-state index contributed by atoms with van der Waals surface area (Å²) in [6.45, 7) is 0. The molecule has 0 radical (unpaired) electrons. The van der Waals surface area contributed by atoms with Gasteiger partial charge in [0.05, 0.1) is 13.2 Å². The van der Waals surface area contributed by atoms with Crippen LogP contribution in [0.15, 0.2) is 12.2 Å². The third-order valence-electron chi connectivity index (χ3n) is 1.89. The largest absolute Gasteiger partial charge is 0.466 e. The second-order valence-corrected chi connectivity index (χ2v) is 3.08. The van der Waals surface area contributed by atoms with Crippen molar-refractivity contribution in [2.45, 2.75) is 18.9 Å². The van der Waals surface area contributed by atoms with Crippen LogP contribution >= 0.6 is 12.4 Å². The van der Waals surface area contributed by atoms with Crippen molar-refractivity contribution in [1.29, 1.82) is 0 Å². The molecule has 1 amide bonds. The Morgan fingerprint density at radius 1 is 1.35 bits per heavy atom. The minimum atomic E-state index is -0.708. The van der Waals surface area contributed by atoms with Crippen molar-refractivity contribution in [1.82, 2.24) is 5.32 Å². The quantitative estimate of drug-likeness (QED) is 0.501. The van der Waals surface area contributed by atoms with E-state index in [0.717, 1.165) is 12.2 Å². The second-order valence-electron chi connectivity index (χ2n) is 3.08. The van der Waals surface area contributed by atoms with Gasteiger partial charge >= 0.3 is 5.97 Å². The molecule has 0 aromatic rings. The number of rotatable bonds is 6. The van der Waals surface area contributed by atoms with Crippen LogP contribution < -0.4 is 11.1 Å². The van der Waals surface area contributed by atoms with E-state index >= 15 is 0 Å². The molecule has 0 bridgehead atoms. The zero-order chi connectivity index (χ0) is 12.6. The number of amides is 1. The van der Waals surface area contributed by atoms with Crippen LogP contribution in [0.2, 0.25) is 0 Å². The predicted molar refractivity (Wildman–Crippen MR) is 64.7 cm³/mol. The molecular weight excluding hydrogens is 248 g/mol. The highest BCUT2D eigenvalue weighted by Gasteiger charge is 2.12. The van der Waals surface area contributed by atoms with Crippen LogP contribution in [0.25, 0.3) is 0 Å². The Hall–Kier alpha value is -1.40. The molecule has 0 spiro atoms. The first-order chi connectivity index (χ1) is 7.51. The molecule has 0 aromatic heterocycles. The summed E-state index contributed by atoms with van der Waals surface area (Å²) >= 11 is 0. The third-order valence-corrected chi connectivity index (χ3v) is 1.89. The summed E-state index contributed by atoms with van der Waals surface area (Å²) in [5.41, 5.74) is 5.48. The minimum Gasteiger partial charge on any atom is -0.466 e. The van der Waals surface area contributed by atoms with E-state index in [4.69, 9.17) is 5.73 Å². The van der Waals surface area contributed by atoms with Crippen LogP contribution in [-0.4, -0.2) is 37.9 Å². The zero-order valence-corrected chi connectivity index (χ0v) is 10.6. The van der Waals surface area contributed by atoms with Crippen molar-refractivity contribution in [3.8, 4) is 0 Å². The van der Waals surface area contributed by atoms with Gasteiger partial charge < -0.3 is 15.8 Å². The number of hydrogen-bond acceptors (Lipinski definition) is 5. The van der Waals surface area contributed by atoms with E-state index in [-0.39, 0.29) is 36.9 Å². The highest BCUT2D eigenvalue weighted by atomic mass is 35.5. The molecule has 0 saturated heterocycles. The zero-order valence-electron chi connectivity index (χ0n) is 9.76. The van der Waals surface area contributed by atoms with E-state index in [2.05, 4.69) is 10.1 Å². The molecule has 1 atom stereocenters. The summed E-state index contributed by atoms with van der Waals surface area (Å²) in [5, 5.41) is 2.38. The lowest BCUT2D eigenvalue weighted by atomic mass is 10.1. The third kappa shape index (κ3) is 8.41. The van der Waals surface area contributed by atoms with E-state index < -0.39 is 12.0 Å². The number of nitrogens with one attached hydrogen (secondary N) is 1. The van der Waals surface area contributed by atoms with Gasteiger partial charge in [0.1, 0.15) is 0 Å². The highest BCUT2D eigenvalue weighted by molar-refractivity contribution is 5.96. The highest BCUT2D eigenvalue weighted by Crippen LogP contribution is 1.97. The van der Waals surface area contributed by atoms with Gasteiger partial charge in [0.25, 0.3) is 0 Å². The lowest BCUT2D eigenvalue weighted by molar-refractivity contribution is -0.135. The monoisotopic (exact) mass is 264 g/mol. The maximum Gasteiger partial charge on any atom is 0.330 e. The average Bonchev–Trinajstić information content (AvgIpc) is 2.31. The van der Waals surface area contributed by atoms with Crippen LogP contribution in [0.1, 0.15) is 12.8 Å². The van der Waals surface area contributed by atoms with Crippen LogP contribution in [-0.2, 0) is 19.1 Å². The number of halogens is 1. The molecule has 0 aliphatic carbocycles. The standard InChI is InChI=1S/C10H16N2O4.ClH/c1-12-10(15)8(11)5-3-7(13)4-6-9(14)16-2;/h4,6,8H,3,5,11H2,1-2H3,(H,12,15);1H/b6-4+;/t8-;/m0./s1. The summed E-state index contributed by atoms with van der Waals surface area (Å²) in [6.07, 6.45) is 2.50. The number of carbonyl (C=O) groups excluding carboxylic acids is 3. The molecule has 98 valence electrons. The summed E-state index contributed by atoms with van der Waals surface area (Å²) in [7, 11) is 2.69. The number of carbonyl (C=O) groups is 3. The van der Waals surface area contributed by atoms with Gasteiger partial charge in [0, 0.05) is 19.5 Å². The number of nitrogens with two attached hydrogens (primary N) is 1. The number of methoxy groups -OCH3 is 1. The average molecular weight is 265 g/mol. The lowest BCUT2D eigenvalue weighted by Crippen LogP contribution is -2.38. The Morgan fingerprint density at radius 2 is 1.94 bits per heavy atom. The Kier molecular flexibility index (Phi) is 10.4. The number of ketones is 1. The van der Waals surface area contributed by atoms with Gasteiger partial charge in [-0.1, -0.05) is 0 Å². The van der Waals surface area contributed by atoms with Gasteiger partial charge in [0.15, 0.2) is 5.78 Å². The van der Waals surface area contributed by atoms with Gasteiger partial charge in [0.2, 0.25) is 5.91 Å². The maximum atomic E-state index is 11.2. The topological polar surface area (TPSA) is 98.5 Å². The first-order valence-electron chi connectivity index (χ1n) is 4.77. The summed E-state index contributed by atoms with van der Waals surface area (Å²) in [5.74, 6) is -1.18. The number of hydrogen-bond donors (Lipinski definition) is 2. The fourth-order valence-corrected chi connectivity index (χ4v) is 0.927. The molecule has 3 N–H and O–H groups in total. The van der Waals surface area contributed by atoms with E-state index in [0.29, 0.717) is 0 Å². The van der Waals surface area contributed by atoms with Crippen LogP contribution in [0.3, 0.4) is 0 Å². The van der Waals surface area contributed by atoms with Gasteiger partial charge in [-0.2, -0.15) is 0 Å². The van der Waals surface area contributed by atoms with E-state index in [1.165, 1.54) is 14.2 Å². The molecule has 0 aliphatic rings. The lowest BCUT2D eigenvalue weighted by Gasteiger charge is -2.07. The Bertz CT molecular complexity index is 305. The van der Waals surface area contributed by atoms with Crippen molar-refractivity contribution in [2.24, 2.45) is 5.73 Å². The molecule has 0 heterocycles. The molecule has 0 aliphatic heterocycles. The summed E-state index contributed by atoms with van der Waals surface area (Å²) in [6, 6.07) is -0.708. The number of likely N-dealkylation sites (N-methyl/N-ethyl adjacent to an activating group) is 1. The maximum absolute atomic E-state index is 11.2. The van der Waals surface area contributed by atoms with Gasteiger partial charge in [-0.05, 0) is 12.5 Å². The van der Waals surface area contributed by atoms with E-state index in [1.54, 1.807) is 0 Å². The molecule has 7 heteroatoms. The first kappa shape index (κ1) is 18.0. The number of allylic oxidation sites excluding steroid dienone is 1. The molecular formula is C10H17ClN2O4. The van der Waals surface area contributed by atoms with Crippen LogP contribution in [0, 0.1) is 0 Å². The number of esters is 1. The van der Waals surface area contributed by atoms with Gasteiger partial charge in [-0.15, -0.1) is 12.4 Å². The van der Waals surface area contributed by atoms with Crippen molar-refractivity contribution in [3.05, 3.63) is 12.2 Å². The van der Waals surface area contributed by atoms with Crippen LogP contribution in [0.5, 0.6) is 0 Å². The van der Waals surface area contributed by atoms with E-state index in [9.17, 15) is 14.4 Å². The molecule has 0 saturated carbocycles. The van der Waals surface area contributed by atoms with Crippen molar-refractivity contribution in [2.75, 3.05) is 14.2 Å². The second kappa shape index (κ2) is 9.80. The van der Waals surface area contributed by atoms with Crippen LogP contribution in [0.4, 0.5) is 0 Å². The summed E-state index contributed by atoms with van der Waals surface area (Å²) < 4.78 is 4.32. The Balaban J connectivity index is 0. The predicted octanol–water partition coefficient (Wildman–Crippen LogP) is -0.440. The molecule has 6 nitrogen and oxygen atoms in total. The molecule has 0 unspecified atom stereocenters. The SMILES string of the molecule is CNC(=O)[C@@H](N)CCC(=O)/C=C/C(=O)OC.Cl. The number of ether oxygens (including phenoxy) is 1. The van der Waals surface area contributed by atoms with Gasteiger partial charge in [-0.25, -0.2) is 4.79 Å². The van der Waals surface area contributed by atoms with Crippen molar-refractivity contribution < 1.29 is 19.1 Å². The van der Waals surface area contributed by atoms with Crippen molar-refractivity contribution >= 4 is 30.1 Å². The summed E-state index contributed by atoms with van der Waals surface area (Å²) in [4.78, 5) is 32.9. The molecule has 0 fully saturated rings. The molecule has 17 heavy (non-hydrogen) atoms. The van der Waals surface area contributed by atoms with Gasteiger partial charge in [-0.3, -0.25) is 9.59 Å². The van der Waals surface area contributed by atoms with E-state index in [1.807, 2.05) is 0 Å². The molecule has 0 rings (SSSR count). The fourth-order valence-electron chi connectivity index (χ4n) is 0.927. The van der Waals surface area contributed by atoms with Crippen molar-refractivity contribution in [3.63, 3.8) is 0 Å².